The second-order valence-electron chi connectivity index (χ2n) is 7.72. The van der Waals surface area contributed by atoms with Gasteiger partial charge in [-0.05, 0) is 49.4 Å². The molecule has 1 fully saturated rings. The Balaban J connectivity index is 1.33. The Labute approximate surface area is 196 Å². The zero-order valence-corrected chi connectivity index (χ0v) is 19.4. The average Bonchev–Trinajstić information content (AvgIpc) is 3.27. The summed E-state index contributed by atoms with van der Waals surface area (Å²) in [6.07, 6.45) is 5.37. The van der Waals surface area contributed by atoms with Crippen LogP contribution >= 0.6 is 11.3 Å². The lowest BCUT2D eigenvalue weighted by atomic mass is 10.2. The first kappa shape index (κ1) is 21.3. The van der Waals surface area contributed by atoms with E-state index in [4.69, 9.17) is 14.7 Å². The van der Waals surface area contributed by atoms with E-state index in [0.29, 0.717) is 5.95 Å². The van der Waals surface area contributed by atoms with E-state index in [1.165, 1.54) is 5.69 Å². The first-order chi connectivity index (χ1) is 16.2. The highest BCUT2D eigenvalue weighted by Crippen LogP contribution is 2.36. The van der Waals surface area contributed by atoms with Crippen molar-refractivity contribution in [3.63, 3.8) is 0 Å². The minimum Gasteiger partial charge on any atom is -0.378 e. The Bertz CT molecular complexity index is 1210. The third-order valence-corrected chi connectivity index (χ3v) is 6.75. The molecule has 0 aliphatic carbocycles. The molecule has 0 unspecified atom stereocenters. The van der Waals surface area contributed by atoms with Crippen LogP contribution in [0, 0.1) is 6.92 Å². The van der Waals surface area contributed by atoms with Gasteiger partial charge in [0.05, 0.1) is 41.4 Å². The van der Waals surface area contributed by atoms with Gasteiger partial charge < -0.3 is 19.9 Å². The third-order valence-electron chi connectivity index (χ3n) is 5.49. The minimum absolute atomic E-state index is 0.557. The van der Waals surface area contributed by atoms with Crippen LogP contribution in [-0.2, 0) is 4.74 Å². The van der Waals surface area contributed by atoms with E-state index in [-0.39, 0.29) is 0 Å². The number of aryl methyl sites for hydroxylation is 1. The summed E-state index contributed by atoms with van der Waals surface area (Å²) in [5, 5.41) is 4.21. The summed E-state index contributed by atoms with van der Waals surface area (Å²) in [4.78, 5) is 23.5. The second-order valence-corrected chi connectivity index (χ2v) is 8.70. The number of hydrogen-bond donors (Lipinski definition) is 1. The lowest BCUT2D eigenvalue weighted by Crippen LogP contribution is -2.36. The maximum Gasteiger partial charge on any atom is 0.227 e. The van der Waals surface area contributed by atoms with Crippen molar-refractivity contribution in [2.45, 2.75) is 6.92 Å². The lowest BCUT2D eigenvalue weighted by Gasteiger charge is -2.28. The van der Waals surface area contributed by atoms with Crippen molar-refractivity contribution in [1.82, 2.24) is 19.9 Å². The van der Waals surface area contributed by atoms with Crippen LogP contribution < -0.4 is 15.1 Å². The Hall–Kier alpha value is -3.56. The highest BCUT2D eigenvalue weighted by molar-refractivity contribution is 7.19. The Morgan fingerprint density at radius 1 is 1.03 bits per heavy atom. The molecule has 1 aromatic carbocycles. The fourth-order valence-electron chi connectivity index (χ4n) is 3.68. The highest BCUT2D eigenvalue weighted by Gasteiger charge is 2.16. The summed E-state index contributed by atoms with van der Waals surface area (Å²) in [5.41, 5.74) is 4.91. The van der Waals surface area contributed by atoms with Crippen LogP contribution in [0.3, 0.4) is 0 Å². The molecule has 0 atom stereocenters. The first-order valence-corrected chi connectivity index (χ1v) is 11.6. The zero-order chi connectivity index (χ0) is 22.6. The van der Waals surface area contributed by atoms with Crippen LogP contribution in [0.1, 0.15) is 5.69 Å². The number of benzene rings is 1. The van der Waals surface area contributed by atoms with Gasteiger partial charge in [-0.2, -0.15) is 0 Å². The molecular weight excluding hydrogens is 434 g/mol. The summed E-state index contributed by atoms with van der Waals surface area (Å²) in [5.74, 6) is 0.557. The van der Waals surface area contributed by atoms with Gasteiger partial charge in [-0.15, -0.1) is 0 Å². The molecule has 0 radical (unpaired) electrons. The van der Waals surface area contributed by atoms with Gasteiger partial charge in [0.15, 0.2) is 5.13 Å². The van der Waals surface area contributed by atoms with Crippen molar-refractivity contribution in [3.05, 3.63) is 66.7 Å². The molecule has 1 N–H and O–H groups in total. The number of rotatable bonds is 6. The normalized spacial score (nSPS) is 13.7. The Morgan fingerprint density at radius 3 is 2.61 bits per heavy atom. The van der Waals surface area contributed by atoms with E-state index in [2.05, 4.69) is 44.5 Å². The van der Waals surface area contributed by atoms with Gasteiger partial charge in [0.25, 0.3) is 0 Å². The quantitative estimate of drug-likeness (QED) is 0.446. The van der Waals surface area contributed by atoms with Crippen LogP contribution in [-0.4, -0.2) is 53.3 Å². The standard InChI is InChI=1S/C24H25N7OS/c1-17-22(33-24(27-17)30(2)20-4-3-10-25-16-20)21-9-11-26-23(29-21)28-18-5-7-19(8-6-18)31-12-14-32-15-13-31/h3-11,16H,12-15H2,1-2H3,(H,26,28,29). The smallest absolute Gasteiger partial charge is 0.227 e. The first-order valence-electron chi connectivity index (χ1n) is 10.8. The van der Waals surface area contributed by atoms with E-state index < -0.39 is 0 Å². The molecule has 0 bridgehead atoms. The number of nitrogens with zero attached hydrogens (tertiary/aromatic N) is 6. The van der Waals surface area contributed by atoms with Crippen LogP contribution in [0.2, 0.25) is 0 Å². The zero-order valence-electron chi connectivity index (χ0n) is 18.6. The SMILES string of the molecule is Cc1nc(N(C)c2cccnc2)sc1-c1ccnc(Nc2ccc(N3CCOCC3)cc2)n1. The Kier molecular flexibility index (Phi) is 6.14. The van der Waals surface area contributed by atoms with E-state index in [9.17, 15) is 0 Å². The highest BCUT2D eigenvalue weighted by atomic mass is 32.1. The van der Waals surface area contributed by atoms with E-state index in [0.717, 1.165) is 59.1 Å². The van der Waals surface area contributed by atoms with Crippen LogP contribution in [0.15, 0.2) is 61.1 Å². The molecule has 8 nitrogen and oxygen atoms in total. The summed E-state index contributed by atoms with van der Waals surface area (Å²) >= 11 is 1.60. The van der Waals surface area contributed by atoms with Crippen molar-refractivity contribution in [2.24, 2.45) is 0 Å². The second kappa shape index (κ2) is 9.51. The summed E-state index contributed by atoms with van der Waals surface area (Å²) in [7, 11) is 1.99. The number of hydrogen-bond acceptors (Lipinski definition) is 9. The number of pyridine rings is 1. The molecule has 168 valence electrons. The van der Waals surface area contributed by atoms with Gasteiger partial charge >= 0.3 is 0 Å². The third kappa shape index (κ3) is 4.79. The van der Waals surface area contributed by atoms with Crippen molar-refractivity contribution in [2.75, 3.05) is 48.5 Å². The molecule has 5 rings (SSSR count). The molecule has 1 aliphatic rings. The number of thiazole rings is 1. The van der Waals surface area contributed by atoms with Crippen LogP contribution in [0.5, 0.6) is 0 Å². The number of morpholine rings is 1. The molecule has 4 aromatic rings. The average molecular weight is 460 g/mol. The molecule has 4 heterocycles. The van der Waals surface area contributed by atoms with Crippen molar-refractivity contribution in [1.29, 1.82) is 0 Å². The number of aromatic nitrogens is 4. The molecule has 9 heteroatoms. The van der Waals surface area contributed by atoms with Gasteiger partial charge in [-0.1, -0.05) is 11.3 Å². The molecule has 33 heavy (non-hydrogen) atoms. The van der Waals surface area contributed by atoms with Crippen molar-refractivity contribution >= 4 is 39.5 Å². The van der Waals surface area contributed by atoms with Gasteiger partial charge in [0.2, 0.25) is 5.95 Å². The molecule has 3 aromatic heterocycles. The predicted octanol–water partition coefficient (Wildman–Crippen LogP) is 4.65. The van der Waals surface area contributed by atoms with Gasteiger partial charge in [-0.3, -0.25) is 4.98 Å². The summed E-state index contributed by atoms with van der Waals surface area (Å²) < 4.78 is 5.44. The summed E-state index contributed by atoms with van der Waals surface area (Å²) in [6.45, 7) is 5.40. The molecule has 1 aliphatic heterocycles. The maximum absolute atomic E-state index is 5.44. The molecule has 1 saturated heterocycles. The number of ether oxygens (including phenoxy) is 1. The molecule has 0 spiro atoms. The number of nitrogens with one attached hydrogen (secondary N) is 1. The van der Waals surface area contributed by atoms with E-state index in [1.54, 1.807) is 23.7 Å². The summed E-state index contributed by atoms with van der Waals surface area (Å²) in [6, 6.07) is 14.2. The van der Waals surface area contributed by atoms with E-state index in [1.807, 2.05) is 43.3 Å². The molecular formula is C24H25N7OS. The molecule has 0 saturated carbocycles. The lowest BCUT2D eigenvalue weighted by molar-refractivity contribution is 0.122. The topological polar surface area (TPSA) is 79.3 Å². The van der Waals surface area contributed by atoms with Gasteiger partial charge in [-0.25, -0.2) is 15.0 Å². The van der Waals surface area contributed by atoms with E-state index >= 15 is 0 Å². The number of anilines is 5. The van der Waals surface area contributed by atoms with Crippen molar-refractivity contribution in [3.8, 4) is 10.6 Å². The van der Waals surface area contributed by atoms with Crippen molar-refractivity contribution < 1.29 is 4.74 Å². The van der Waals surface area contributed by atoms with Gasteiger partial charge in [0.1, 0.15) is 0 Å². The van der Waals surface area contributed by atoms with Crippen LogP contribution in [0.4, 0.5) is 28.1 Å². The fraction of sp³-hybridized carbons (Fsp3) is 0.250. The minimum atomic E-state index is 0.557. The van der Waals surface area contributed by atoms with Gasteiger partial charge in [0, 0.05) is 43.9 Å². The largest absolute Gasteiger partial charge is 0.378 e. The predicted molar refractivity (Wildman–Crippen MR) is 133 cm³/mol. The maximum atomic E-state index is 5.44. The van der Waals surface area contributed by atoms with Crippen LogP contribution in [0.25, 0.3) is 10.6 Å². The fourth-order valence-corrected chi connectivity index (χ4v) is 4.70. The Morgan fingerprint density at radius 2 is 1.85 bits per heavy atom. The monoisotopic (exact) mass is 459 g/mol. The molecule has 0 amide bonds.